The summed E-state index contributed by atoms with van der Waals surface area (Å²) in [5.41, 5.74) is -1.26. The van der Waals surface area contributed by atoms with Crippen molar-refractivity contribution in [1.29, 1.82) is 0 Å². The van der Waals surface area contributed by atoms with Crippen LogP contribution in [-0.2, 0) is 9.53 Å². The smallest absolute Gasteiger partial charge is 0.181 e. The number of carbonyl (C=O) groups excluding carboxylic acids is 1. The number of hydrogen-bond donors (Lipinski definition) is 1. The van der Waals surface area contributed by atoms with Crippen molar-refractivity contribution in [2.45, 2.75) is 18.9 Å². The van der Waals surface area contributed by atoms with E-state index in [2.05, 4.69) is 11.8 Å². The maximum atomic E-state index is 11.0. The van der Waals surface area contributed by atoms with E-state index in [1.54, 1.807) is 6.92 Å². The van der Waals surface area contributed by atoms with Gasteiger partial charge in [0.1, 0.15) is 5.76 Å². The molecule has 0 aliphatic heterocycles. The van der Waals surface area contributed by atoms with E-state index in [0.717, 1.165) is 0 Å². The van der Waals surface area contributed by atoms with Crippen LogP contribution in [0.4, 0.5) is 0 Å². The first-order valence-electron chi connectivity index (χ1n) is 4.24. The fourth-order valence-electron chi connectivity index (χ4n) is 1.21. The maximum Gasteiger partial charge on any atom is 0.181 e. The quantitative estimate of drug-likeness (QED) is 0.658. The zero-order chi connectivity index (χ0) is 10.6. The molecule has 3 heteroatoms. The lowest BCUT2D eigenvalue weighted by Gasteiger charge is -2.26. The summed E-state index contributed by atoms with van der Waals surface area (Å²) in [6.45, 7) is 1.69. The highest BCUT2D eigenvalue weighted by atomic mass is 16.5. The average Bonchev–Trinajstić information content (AvgIpc) is 2.19. The summed E-state index contributed by atoms with van der Waals surface area (Å²) in [5, 5.41) is 10.0. The molecule has 0 radical (unpaired) electrons. The second kappa shape index (κ2) is 4.12. The van der Waals surface area contributed by atoms with Crippen LogP contribution >= 0.6 is 0 Å². The van der Waals surface area contributed by atoms with Gasteiger partial charge in [-0.05, 0) is 19.1 Å². The summed E-state index contributed by atoms with van der Waals surface area (Å²) >= 11 is 0. The molecule has 0 aromatic carbocycles. The first-order chi connectivity index (χ1) is 6.62. The van der Waals surface area contributed by atoms with Crippen LogP contribution in [0.15, 0.2) is 24.0 Å². The molecule has 0 unspecified atom stereocenters. The fraction of sp³-hybridized carbons (Fsp3) is 0.364. The van der Waals surface area contributed by atoms with Gasteiger partial charge in [-0.25, -0.2) is 0 Å². The standard InChI is InChI=1S/C11H12O3/c1-3-4-6-11(13)7-5-9(12)8-10(11)14-2/h5,7-8,13H,6H2,1-2H3/t11-/m1/s1. The van der Waals surface area contributed by atoms with E-state index in [-0.39, 0.29) is 18.0 Å². The third kappa shape index (κ3) is 2.04. The molecule has 0 amide bonds. The molecule has 3 nitrogen and oxygen atoms in total. The third-order valence-corrected chi connectivity index (χ3v) is 1.98. The molecule has 1 rings (SSSR count). The van der Waals surface area contributed by atoms with Gasteiger partial charge in [0, 0.05) is 12.5 Å². The Labute approximate surface area is 83.1 Å². The van der Waals surface area contributed by atoms with Crippen molar-refractivity contribution in [3.8, 4) is 11.8 Å². The molecule has 0 spiro atoms. The van der Waals surface area contributed by atoms with Gasteiger partial charge in [0.2, 0.25) is 0 Å². The summed E-state index contributed by atoms with van der Waals surface area (Å²) in [4.78, 5) is 11.0. The van der Waals surface area contributed by atoms with Gasteiger partial charge >= 0.3 is 0 Å². The molecule has 0 saturated carbocycles. The number of allylic oxidation sites excluding steroid dienone is 2. The first kappa shape index (κ1) is 10.6. The number of methoxy groups -OCH3 is 1. The zero-order valence-corrected chi connectivity index (χ0v) is 8.20. The molecule has 0 fully saturated rings. The van der Waals surface area contributed by atoms with E-state index in [9.17, 15) is 9.90 Å². The van der Waals surface area contributed by atoms with Gasteiger partial charge in [-0.3, -0.25) is 4.79 Å². The highest BCUT2D eigenvalue weighted by molar-refractivity contribution is 6.01. The Hall–Kier alpha value is -1.53. The number of aliphatic hydroxyl groups is 1. The molecule has 1 N–H and O–H groups in total. The summed E-state index contributed by atoms with van der Waals surface area (Å²) in [5.74, 6) is 5.50. The number of ketones is 1. The monoisotopic (exact) mass is 192 g/mol. The Morgan fingerprint density at radius 3 is 2.93 bits per heavy atom. The van der Waals surface area contributed by atoms with E-state index in [1.165, 1.54) is 25.3 Å². The molecule has 0 aromatic heterocycles. The van der Waals surface area contributed by atoms with Gasteiger partial charge in [0.25, 0.3) is 0 Å². The average molecular weight is 192 g/mol. The lowest BCUT2D eigenvalue weighted by molar-refractivity contribution is -0.111. The zero-order valence-electron chi connectivity index (χ0n) is 8.20. The van der Waals surface area contributed by atoms with Gasteiger partial charge < -0.3 is 9.84 Å². The van der Waals surface area contributed by atoms with Crippen LogP contribution in [0.3, 0.4) is 0 Å². The minimum Gasteiger partial charge on any atom is -0.497 e. The molecule has 1 aliphatic carbocycles. The van der Waals surface area contributed by atoms with Crippen molar-refractivity contribution in [1.82, 2.24) is 0 Å². The Bertz CT molecular complexity index is 354. The van der Waals surface area contributed by atoms with Crippen molar-refractivity contribution in [3.05, 3.63) is 24.0 Å². The van der Waals surface area contributed by atoms with Crippen LogP contribution in [0.5, 0.6) is 0 Å². The highest BCUT2D eigenvalue weighted by Crippen LogP contribution is 2.26. The summed E-state index contributed by atoms with van der Waals surface area (Å²) in [6, 6.07) is 0. The van der Waals surface area contributed by atoms with Crippen LogP contribution in [0.2, 0.25) is 0 Å². The summed E-state index contributed by atoms with van der Waals surface area (Å²) < 4.78 is 4.95. The first-order valence-corrected chi connectivity index (χ1v) is 4.24. The molecule has 0 heterocycles. The lowest BCUT2D eigenvalue weighted by atomic mass is 9.92. The minimum absolute atomic E-state index is 0.184. The molecular formula is C11H12O3. The molecule has 14 heavy (non-hydrogen) atoms. The highest BCUT2D eigenvalue weighted by Gasteiger charge is 2.32. The molecule has 0 aromatic rings. The second-order valence-corrected chi connectivity index (χ2v) is 2.98. The Kier molecular flexibility index (Phi) is 3.10. The van der Waals surface area contributed by atoms with E-state index in [0.29, 0.717) is 0 Å². The predicted molar refractivity (Wildman–Crippen MR) is 52.3 cm³/mol. The minimum atomic E-state index is -1.26. The van der Waals surface area contributed by atoms with Crippen LogP contribution < -0.4 is 0 Å². The van der Waals surface area contributed by atoms with Crippen molar-refractivity contribution in [3.63, 3.8) is 0 Å². The predicted octanol–water partition coefficient (Wildman–Crippen LogP) is 0.800. The molecule has 0 bridgehead atoms. The van der Waals surface area contributed by atoms with E-state index in [4.69, 9.17) is 4.74 Å². The Balaban J connectivity index is 2.95. The Morgan fingerprint density at radius 2 is 2.36 bits per heavy atom. The van der Waals surface area contributed by atoms with E-state index < -0.39 is 5.60 Å². The molecule has 74 valence electrons. The largest absolute Gasteiger partial charge is 0.497 e. The van der Waals surface area contributed by atoms with Crippen LogP contribution in [0.25, 0.3) is 0 Å². The SMILES string of the molecule is CC#CC[C@@]1(O)C=CC(=O)C=C1OC. The van der Waals surface area contributed by atoms with Crippen molar-refractivity contribution >= 4 is 5.78 Å². The third-order valence-electron chi connectivity index (χ3n) is 1.98. The number of ether oxygens (including phenoxy) is 1. The van der Waals surface area contributed by atoms with Gasteiger partial charge in [-0.1, -0.05) is 5.92 Å². The molecular weight excluding hydrogens is 180 g/mol. The normalized spacial score (nSPS) is 25.1. The van der Waals surface area contributed by atoms with Crippen LogP contribution in [-0.4, -0.2) is 23.6 Å². The summed E-state index contributed by atoms with van der Waals surface area (Å²) in [6.07, 6.45) is 4.24. The van der Waals surface area contributed by atoms with Crippen molar-refractivity contribution in [2.75, 3.05) is 7.11 Å². The van der Waals surface area contributed by atoms with Gasteiger partial charge in [0.05, 0.1) is 7.11 Å². The number of carbonyl (C=O) groups is 1. The topological polar surface area (TPSA) is 46.5 Å². The summed E-state index contributed by atoms with van der Waals surface area (Å²) in [7, 11) is 1.42. The lowest BCUT2D eigenvalue weighted by Crippen LogP contribution is -2.32. The van der Waals surface area contributed by atoms with Crippen LogP contribution in [0, 0.1) is 11.8 Å². The van der Waals surface area contributed by atoms with Gasteiger partial charge in [0.15, 0.2) is 11.4 Å². The van der Waals surface area contributed by atoms with Crippen LogP contribution in [0.1, 0.15) is 13.3 Å². The molecule has 0 saturated heterocycles. The number of hydrogen-bond acceptors (Lipinski definition) is 3. The molecule has 1 aliphatic rings. The van der Waals surface area contributed by atoms with Gasteiger partial charge in [-0.15, -0.1) is 5.92 Å². The number of rotatable bonds is 2. The van der Waals surface area contributed by atoms with Gasteiger partial charge in [-0.2, -0.15) is 0 Å². The maximum absolute atomic E-state index is 11.0. The molecule has 1 atom stereocenters. The Morgan fingerprint density at radius 1 is 1.64 bits per heavy atom. The van der Waals surface area contributed by atoms with E-state index >= 15 is 0 Å². The van der Waals surface area contributed by atoms with E-state index in [1.807, 2.05) is 0 Å². The fourth-order valence-corrected chi connectivity index (χ4v) is 1.21. The second-order valence-electron chi connectivity index (χ2n) is 2.98. The van der Waals surface area contributed by atoms with Crippen molar-refractivity contribution in [2.24, 2.45) is 0 Å². The van der Waals surface area contributed by atoms with Crippen molar-refractivity contribution < 1.29 is 14.6 Å².